The van der Waals surface area contributed by atoms with Gasteiger partial charge in [-0.2, -0.15) is 0 Å². The van der Waals surface area contributed by atoms with Crippen LogP contribution in [0.25, 0.3) is 0 Å². The number of carbonyl (C=O) groups is 1. The zero-order chi connectivity index (χ0) is 13.8. The van der Waals surface area contributed by atoms with Crippen LogP contribution in [0.1, 0.15) is 26.2 Å². The summed E-state index contributed by atoms with van der Waals surface area (Å²) in [6, 6.07) is 1.20. The Hall–Kier alpha value is -1.07. The zero-order valence-corrected chi connectivity index (χ0v) is 12.2. The molecule has 19 heavy (non-hydrogen) atoms. The van der Waals surface area contributed by atoms with Crippen LogP contribution in [0.15, 0.2) is 6.07 Å². The van der Waals surface area contributed by atoms with Crippen LogP contribution in [-0.2, 0) is 4.79 Å². The Morgan fingerprint density at radius 1 is 1.32 bits per heavy atom. The molecule has 1 aromatic heterocycles. The number of halogens is 2. The Balaban J connectivity index is 2.01. The van der Waals surface area contributed by atoms with E-state index in [0.29, 0.717) is 5.69 Å². The molecule has 0 spiro atoms. The first-order valence-electron chi connectivity index (χ1n) is 6.32. The van der Waals surface area contributed by atoms with E-state index < -0.39 is 0 Å². The van der Waals surface area contributed by atoms with E-state index in [9.17, 15) is 4.79 Å². The van der Waals surface area contributed by atoms with E-state index in [4.69, 9.17) is 23.2 Å². The van der Waals surface area contributed by atoms with Crippen molar-refractivity contribution in [2.45, 2.75) is 32.2 Å². The average Bonchev–Trinajstić information content (AvgIpc) is 2.43. The lowest BCUT2D eigenvalue weighted by atomic mass is 10.1. The first-order chi connectivity index (χ1) is 9.08. The molecule has 1 aliphatic rings. The van der Waals surface area contributed by atoms with Crippen LogP contribution in [0.4, 0.5) is 5.69 Å². The minimum atomic E-state index is -0.365. The van der Waals surface area contributed by atoms with Crippen molar-refractivity contribution in [2.75, 3.05) is 18.4 Å². The summed E-state index contributed by atoms with van der Waals surface area (Å²) in [7, 11) is 0. The maximum Gasteiger partial charge on any atom is 0.244 e. The molecule has 2 heterocycles. The van der Waals surface area contributed by atoms with E-state index in [0.717, 1.165) is 25.9 Å². The summed E-state index contributed by atoms with van der Waals surface area (Å²) in [5, 5.41) is 10.8. The van der Waals surface area contributed by atoms with Crippen LogP contribution >= 0.6 is 23.2 Å². The minimum absolute atomic E-state index is 0.0729. The number of hydrogen-bond acceptors (Lipinski definition) is 4. The van der Waals surface area contributed by atoms with Gasteiger partial charge in [0, 0.05) is 19.2 Å². The van der Waals surface area contributed by atoms with E-state index in [2.05, 4.69) is 15.5 Å². The first kappa shape index (κ1) is 14.3. The molecule has 0 aromatic carbocycles. The SMILES string of the molecule is CC(Nc1cc(Cl)nnc1Cl)C(=O)N1CCCCC1. The van der Waals surface area contributed by atoms with Gasteiger partial charge >= 0.3 is 0 Å². The highest BCUT2D eigenvalue weighted by molar-refractivity contribution is 6.33. The van der Waals surface area contributed by atoms with E-state index in [1.54, 1.807) is 6.07 Å². The van der Waals surface area contributed by atoms with Crippen molar-refractivity contribution in [3.63, 3.8) is 0 Å². The molecular weight excluding hydrogens is 287 g/mol. The summed E-state index contributed by atoms with van der Waals surface area (Å²) < 4.78 is 0. The van der Waals surface area contributed by atoms with Gasteiger partial charge in [0.15, 0.2) is 10.3 Å². The summed E-state index contributed by atoms with van der Waals surface area (Å²) in [4.78, 5) is 14.1. The topological polar surface area (TPSA) is 58.1 Å². The molecule has 1 N–H and O–H groups in total. The summed E-state index contributed by atoms with van der Waals surface area (Å²) in [5.41, 5.74) is 0.527. The number of anilines is 1. The highest BCUT2D eigenvalue weighted by Crippen LogP contribution is 2.22. The molecule has 1 amide bonds. The van der Waals surface area contributed by atoms with Gasteiger partial charge in [0.25, 0.3) is 0 Å². The van der Waals surface area contributed by atoms with Crippen molar-refractivity contribution in [1.29, 1.82) is 0 Å². The lowest BCUT2D eigenvalue weighted by Gasteiger charge is -2.29. The van der Waals surface area contributed by atoms with E-state index in [1.165, 1.54) is 6.42 Å². The molecule has 0 radical (unpaired) electrons. The number of nitrogens with one attached hydrogen (secondary N) is 1. The molecule has 1 saturated heterocycles. The Bertz CT molecular complexity index is 463. The number of nitrogens with zero attached hydrogens (tertiary/aromatic N) is 3. The largest absolute Gasteiger partial charge is 0.371 e. The number of piperidine rings is 1. The van der Waals surface area contributed by atoms with Crippen LogP contribution in [0, 0.1) is 0 Å². The Kier molecular flexibility index (Phi) is 4.82. The molecule has 2 rings (SSSR count). The Labute approximate surface area is 122 Å². The van der Waals surface area contributed by atoms with Gasteiger partial charge in [0.1, 0.15) is 6.04 Å². The van der Waals surface area contributed by atoms with Gasteiger partial charge in [-0.3, -0.25) is 4.79 Å². The second-order valence-corrected chi connectivity index (χ2v) is 5.37. The van der Waals surface area contributed by atoms with E-state index in [-0.39, 0.29) is 22.3 Å². The van der Waals surface area contributed by atoms with Crippen molar-refractivity contribution in [2.24, 2.45) is 0 Å². The van der Waals surface area contributed by atoms with Gasteiger partial charge < -0.3 is 10.2 Å². The van der Waals surface area contributed by atoms with Gasteiger partial charge in [-0.05, 0) is 26.2 Å². The number of aromatic nitrogens is 2. The fraction of sp³-hybridized carbons (Fsp3) is 0.583. The maximum absolute atomic E-state index is 12.2. The van der Waals surface area contributed by atoms with Gasteiger partial charge in [-0.1, -0.05) is 23.2 Å². The second kappa shape index (κ2) is 6.39. The Morgan fingerprint density at radius 2 is 2.00 bits per heavy atom. The summed E-state index contributed by atoms with van der Waals surface area (Å²) in [6.07, 6.45) is 3.34. The number of carbonyl (C=O) groups excluding carboxylic acids is 1. The van der Waals surface area contributed by atoms with Crippen molar-refractivity contribution < 1.29 is 4.79 Å². The van der Waals surface area contributed by atoms with Crippen molar-refractivity contribution in [1.82, 2.24) is 15.1 Å². The predicted octanol–water partition coefficient (Wildman–Crippen LogP) is 2.60. The zero-order valence-electron chi connectivity index (χ0n) is 10.7. The normalized spacial score (nSPS) is 17.1. The molecule has 1 atom stereocenters. The van der Waals surface area contributed by atoms with Gasteiger partial charge in [-0.15, -0.1) is 10.2 Å². The third kappa shape index (κ3) is 3.70. The quantitative estimate of drug-likeness (QED) is 0.932. The molecule has 5 nitrogen and oxygen atoms in total. The average molecular weight is 303 g/mol. The van der Waals surface area contributed by atoms with Crippen molar-refractivity contribution in [3.8, 4) is 0 Å². The standard InChI is InChI=1S/C12H16Cl2N4O/c1-8(12(19)18-5-3-2-4-6-18)15-9-7-10(13)16-17-11(9)14/h7-8H,2-6H2,1H3,(H,15,16). The van der Waals surface area contributed by atoms with Crippen molar-refractivity contribution in [3.05, 3.63) is 16.4 Å². The molecule has 0 saturated carbocycles. The summed E-state index contributed by atoms with van der Waals surface area (Å²) in [5.74, 6) is 0.0729. The molecule has 7 heteroatoms. The summed E-state index contributed by atoms with van der Waals surface area (Å²) in [6.45, 7) is 3.46. The van der Waals surface area contributed by atoms with E-state index in [1.807, 2.05) is 11.8 Å². The van der Waals surface area contributed by atoms with Crippen LogP contribution in [0.5, 0.6) is 0 Å². The molecule has 1 fully saturated rings. The lowest BCUT2D eigenvalue weighted by molar-refractivity contribution is -0.132. The molecule has 1 aromatic rings. The first-order valence-corrected chi connectivity index (χ1v) is 7.07. The monoisotopic (exact) mass is 302 g/mol. The van der Waals surface area contributed by atoms with Crippen molar-refractivity contribution >= 4 is 34.8 Å². The number of likely N-dealkylation sites (tertiary alicyclic amines) is 1. The predicted molar refractivity (Wildman–Crippen MR) is 75.6 cm³/mol. The molecule has 0 bridgehead atoms. The second-order valence-electron chi connectivity index (χ2n) is 4.62. The molecule has 104 valence electrons. The third-order valence-electron chi connectivity index (χ3n) is 3.13. The Morgan fingerprint density at radius 3 is 2.68 bits per heavy atom. The fourth-order valence-electron chi connectivity index (χ4n) is 2.14. The molecule has 0 aliphatic carbocycles. The smallest absolute Gasteiger partial charge is 0.244 e. The fourth-order valence-corrected chi connectivity index (χ4v) is 2.43. The van der Waals surface area contributed by atoms with Gasteiger partial charge in [-0.25, -0.2) is 0 Å². The number of amides is 1. The molecular formula is C12H16Cl2N4O. The summed E-state index contributed by atoms with van der Waals surface area (Å²) >= 11 is 11.7. The van der Waals surface area contributed by atoms with Crippen LogP contribution < -0.4 is 5.32 Å². The van der Waals surface area contributed by atoms with Gasteiger partial charge in [0.05, 0.1) is 5.69 Å². The number of hydrogen-bond donors (Lipinski definition) is 1. The van der Waals surface area contributed by atoms with Crippen LogP contribution in [-0.4, -0.2) is 40.1 Å². The highest BCUT2D eigenvalue weighted by atomic mass is 35.5. The maximum atomic E-state index is 12.2. The highest BCUT2D eigenvalue weighted by Gasteiger charge is 2.22. The molecule has 1 aliphatic heterocycles. The van der Waals surface area contributed by atoms with Gasteiger partial charge in [0.2, 0.25) is 5.91 Å². The minimum Gasteiger partial charge on any atom is -0.371 e. The lowest BCUT2D eigenvalue weighted by Crippen LogP contribution is -2.43. The molecule has 1 unspecified atom stereocenters. The number of rotatable bonds is 3. The van der Waals surface area contributed by atoms with E-state index >= 15 is 0 Å². The van der Waals surface area contributed by atoms with Crippen LogP contribution in [0.3, 0.4) is 0 Å². The van der Waals surface area contributed by atoms with Crippen LogP contribution in [0.2, 0.25) is 10.3 Å². The third-order valence-corrected chi connectivity index (χ3v) is 3.59.